The number of alkyl halides is 1. The van der Waals surface area contributed by atoms with Crippen molar-refractivity contribution >= 4 is 17.5 Å². The summed E-state index contributed by atoms with van der Waals surface area (Å²) in [6.07, 6.45) is 6.56. The number of nitrogens with zero attached hydrogens (tertiary/aromatic N) is 2. The van der Waals surface area contributed by atoms with Crippen LogP contribution in [0, 0.1) is 5.92 Å². The van der Waals surface area contributed by atoms with Crippen molar-refractivity contribution in [3.05, 3.63) is 35.9 Å². The molecular formula is C17H23ClN2O. The van der Waals surface area contributed by atoms with E-state index in [1.807, 2.05) is 12.1 Å². The molecule has 2 atom stereocenters. The Morgan fingerprint density at radius 3 is 2.57 bits per heavy atom. The molecular weight excluding hydrogens is 284 g/mol. The zero-order chi connectivity index (χ0) is 14.7. The number of hydrogen-bond donors (Lipinski definition) is 0. The summed E-state index contributed by atoms with van der Waals surface area (Å²) < 4.78 is 6.04. The Labute approximate surface area is 131 Å². The smallest absolute Gasteiger partial charge is 0.223 e. The van der Waals surface area contributed by atoms with Crippen molar-refractivity contribution < 1.29 is 4.74 Å². The normalized spacial score (nSPS) is 24.6. The first-order valence-electron chi connectivity index (χ1n) is 7.87. The molecule has 1 fully saturated rings. The van der Waals surface area contributed by atoms with Crippen molar-refractivity contribution in [2.24, 2.45) is 11.0 Å². The SMILES string of the molecule is CN1N=C(CCl)OC1C(c1ccccc1)C1CCCCC1. The van der Waals surface area contributed by atoms with Crippen molar-refractivity contribution in [3.8, 4) is 0 Å². The largest absolute Gasteiger partial charge is 0.453 e. The lowest BCUT2D eigenvalue weighted by atomic mass is 9.76. The van der Waals surface area contributed by atoms with Crippen LogP contribution in [0.2, 0.25) is 0 Å². The molecule has 1 aromatic carbocycles. The average Bonchev–Trinajstić information content (AvgIpc) is 2.91. The molecule has 3 rings (SSSR count). The predicted octanol–water partition coefficient (Wildman–Crippen LogP) is 4.19. The highest BCUT2D eigenvalue weighted by molar-refractivity contribution is 6.27. The van der Waals surface area contributed by atoms with Crippen LogP contribution >= 0.6 is 11.6 Å². The van der Waals surface area contributed by atoms with E-state index in [9.17, 15) is 0 Å². The third-order valence-electron chi connectivity index (χ3n) is 4.66. The number of halogens is 1. The molecule has 4 heteroatoms. The molecule has 1 aliphatic heterocycles. The van der Waals surface area contributed by atoms with Gasteiger partial charge in [0, 0.05) is 13.0 Å². The summed E-state index contributed by atoms with van der Waals surface area (Å²) in [5, 5.41) is 6.37. The fourth-order valence-electron chi connectivity index (χ4n) is 3.67. The van der Waals surface area contributed by atoms with Gasteiger partial charge in [-0.3, -0.25) is 5.01 Å². The fourth-order valence-corrected chi connectivity index (χ4v) is 3.79. The molecule has 0 N–H and O–H groups in total. The lowest BCUT2D eigenvalue weighted by Crippen LogP contribution is -2.36. The van der Waals surface area contributed by atoms with E-state index in [0.717, 1.165) is 0 Å². The Balaban J connectivity index is 1.86. The first kappa shape index (κ1) is 14.7. The number of ether oxygens (including phenoxy) is 1. The first-order chi connectivity index (χ1) is 10.3. The number of benzene rings is 1. The highest BCUT2D eigenvalue weighted by Crippen LogP contribution is 2.41. The number of hydrazone groups is 1. The van der Waals surface area contributed by atoms with E-state index in [2.05, 4.69) is 35.4 Å². The molecule has 0 radical (unpaired) electrons. The lowest BCUT2D eigenvalue weighted by Gasteiger charge is -2.36. The molecule has 2 unspecified atom stereocenters. The molecule has 1 heterocycles. The van der Waals surface area contributed by atoms with Crippen molar-refractivity contribution in [2.45, 2.75) is 44.2 Å². The summed E-state index contributed by atoms with van der Waals surface area (Å²) in [6, 6.07) is 10.7. The van der Waals surface area contributed by atoms with E-state index in [4.69, 9.17) is 16.3 Å². The zero-order valence-electron chi connectivity index (χ0n) is 12.5. The lowest BCUT2D eigenvalue weighted by molar-refractivity contribution is 0.0240. The summed E-state index contributed by atoms with van der Waals surface area (Å²) >= 11 is 5.89. The van der Waals surface area contributed by atoms with Crippen molar-refractivity contribution in [1.82, 2.24) is 5.01 Å². The Morgan fingerprint density at radius 2 is 1.95 bits per heavy atom. The molecule has 0 amide bonds. The molecule has 0 spiro atoms. The fraction of sp³-hybridized carbons (Fsp3) is 0.588. The van der Waals surface area contributed by atoms with Gasteiger partial charge in [0.1, 0.15) is 5.88 Å². The third kappa shape index (κ3) is 3.18. The van der Waals surface area contributed by atoms with Gasteiger partial charge in [-0.25, -0.2) is 0 Å². The van der Waals surface area contributed by atoms with Gasteiger partial charge in [-0.05, 0) is 24.3 Å². The number of likely N-dealkylation sites (N-methyl/N-ethyl adjacent to an activating group) is 1. The summed E-state index contributed by atoms with van der Waals surface area (Å²) in [5.74, 6) is 2.01. The quantitative estimate of drug-likeness (QED) is 0.779. The van der Waals surface area contributed by atoms with Gasteiger partial charge in [-0.1, -0.05) is 49.6 Å². The number of hydrogen-bond acceptors (Lipinski definition) is 3. The van der Waals surface area contributed by atoms with Crippen LogP contribution in [0.25, 0.3) is 0 Å². The molecule has 21 heavy (non-hydrogen) atoms. The van der Waals surface area contributed by atoms with Crippen LogP contribution in [0.5, 0.6) is 0 Å². The maximum atomic E-state index is 6.04. The van der Waals surface area contributed by atoms with Gasteiger partial charge in [-0.2, -0.15) is 0 Å². The van der Waals surface area contributed by atoms with Crippen LogP contribution in [0.15, 0.2) is 35.4 Å². The minimum absolute atomic E-state index is 0.0238. The van der Waals surface area contributed by atoms with Crippen LogP contribution in [-0.4, -0.2) is 30.1 Å². The van der Waals surface area contributed by atoms with Crippen molar-refractivity contribution in [3.63, 3.8) is 0 Å². The second kappa shape index (κ2) is 6.69. The molecule has 114 valence electrons. The molecule has 1 saturated carbocycles. The van der Waals surface area contributed by atoms with Gasteiger partial charge in [0.25, 0.3) is 0 Å². The average molecular weight is 307 g/mol. The predicted molar refractivity (Wildman–Crippen MR) is 86.5 cm³/mol. The highest BCUT2D eigenvalue weighted by Gasteiger charge is 2.38. The van der Waals surface area contributed by atoms with E-state index < -0.39 is 0 Å². The van der Waals surface area contributed by atoms with Gasteiger partial charge in [0.15, 0.2) is 6.23 Å². The number of rotatable bonds is 4. The van der Waals surface area contributed by atoms with Crippen LogP contribution in [0.4, 0.5) is 0 Å². The summed E-state index contributed by atoms with van der Waals surface area (Å²) in [7, 11) is 1.99. The minimum atomic E-state index is -0.0238. The molecule has 0 aromatic heterocycles. The van der Waals surface area contributed by atoms with Crippen molar-refractivity contribution in [1.29, 1.82) is 0 Å². The van der Waals surface area contributed by atoms with Gasteiger partial charge >= 0.3 is 0 Å². The standard InChI is InChI=1S/C17H23ClN2O/c1-20-17(21-15(12-18)19-20)16(13-8-4-2-5-9-13)14-10-6-3-7-11-14/h2,4-5,8-9,14,16-17H,3,6-7,10-12H2,1H3. The molecule has 1 aromatic rings. The minimum Gasteiger partial charge on any atom is -0.453 e. The molecule has 1 aliphatic carbocycles. The van der Waals surface area contributed by atoms with Crippen LogP contribution in [0.3, 0.4) is 0 Å². The maximum absolute atomic E-state index is 6.04. The van der Waals surface area contributed by atoms with Crippen molar-refractivity contribution in [2.75, 3.05) is 12.9 Å². The van der Waals surface area contributed by atoms with Gasteiger partial charge in [0.2, 0.25) is 5.90 Å². The molecule has 0 saturated heterocycles. The van der Waals surface area contributed by atoms with E-state index >= 15 is 0 Å². The molecule has 2 aliphatic rings. The van der Waals surface area contributed by atoms with Gasteiger partial charge < -0.3 is 4.74 Å². The maximum Gasteiger partial charge on any atom is 0.223 e. The Bertz CT molecular complexity index is 485. The van der Waals surface area contributed by atoms with Crippen LogP contribution in [-0.2, 0) is 4.74 Å². The Hall–Kier alpha value is -1.22. The van der Waals surface area contributed by atoms with Crippen LogP contribution < -0.4 is 0 Å². The van der Waals surface area contributed by atoms with Gasteiger partial charge in [0.05, 0.1) is 0 Å². The Morgan fingerprint density at radius 1 is 1.24 bits per heavy atom. The van der Waals surface area contributed by atoms with E-state index in [-0.39, 0.29) is 6.23 Å². The van der Waals surface area contributed by atoms with E-state index in [1.165, 1.54) is 37.7 Å². The van der Waals surface area contributed by atoms with Gasteiger partial charge in [-0.15, -0.1) is 16.7 Å². The van der Waals surface area contributed by atoms with Crippen LogP contribution in [0.1, 0.15) is 43.6 Å². The van der Waals surface area contributed by atoms with E-state index in [0.29, 0.717) is 23.6 Å². The monoisotopic (exact) mass is 306 g/mol. The Kier molecular flexibility index (Phi) is 4.69. The topological polar surface area (TPSA) is 24.8 Å². The molecule has 0 bridgehead atoms. The first-order valence-corrected chi connectivity index (χ1v) is 8.41. The summed E-state index contributed by atoms with van der Waals surface area (Å²) in [6.45, 7) is 0. The zero-order valence-corrected chi connectivity index (χ0v) is 13.3. The second-order valence-corrected chi connectivity index (χ2v) is 6.31. The highest BCUT2D eigenvalue weighted by atomic mass is 35.5. The second-order valence-electron chi connectivity index (χ2n) is 6.04. The summed E-state index contributed by atoms with van der Waals surface area (Å²) in [5.41, 5.74) is 1.35. The van der Waals surface area contributed by atoms with E-state index in [1.54, 1.807) is 0 Å². The molecule has 3 nitrogen and oxygen atoms in total. The summed E-state index contributed by atoms with van der Waals surface area (Å²) in [4.78, 5) is 0. The third-order valence-corrected chi connectivity index (χ3v) is 4.89.